The van der Waals surface area contributed by atoms with E-state index in [1.165, 1.54) is 4.90 Å². The van der Waals surface area contributed by atoms with Crippen LogP contribution in [0.1, 0.15) is 17.9 Å². The summed E-state index contributed by atoms with van der Waals surface area (Å²) in [5.74, 6) is 0.546. The highest BCUT2D eigenvalue weighted by Gasteiger charge is 2.14. The molecule has 0 saturated heterocycles. The van der Waals surface area contributed by atoms with Gasteiger partial charge in [-0.2, -0.15) is 4.98 Å². The van der Waals surface area contributed by atoms with Crippen LogP contribution in [-0.2, 0) is 11.2 Å². The largest absolute Gasteiger partial charge is 0.349 e. The van der Waals surface area contributed by atoms with Crippen LogP contribution in [0.15, 0.2) is 33.6 Å². The van der Waals surface area contributed by atoms with E-state index in [1.807, 2.05) is 25.1 Å². The van der Waals surface area contributed by atoms with Crippen LogP contribution in [0.2, 0.25) is 0 Å². The Kier molecular flexibility index (Phi) is 4.16. The fraction of sp³-hybridized carbons (Fsp3) is 0.294. The van der Waals surface area contributed by atoms with E-state index in [4.69, 9.17) is 4.52 Å². The minimum atomic E-state index is -0.275. The standard InChI is InChI=1S/C17H18N4O3/c1-10-4-5-13-11(8-10)9-12(17(23)18-13)16-19-14(24-20-16)6-7-15(22)21(2)3/h4-5,8-9H,6-7H2,1-3H3,(H,18,23). The number of aryl methyl sites for hydroxylation is 2. The maximum Gasteiger partial charge on any atom is 0.259 e. The molecule has 0 unspecified atom stereocenters. The lowest BCUT2D eigenvalue weighted by molar-refractivity contribution is -0.128. The second-order valence-corrected chi connectivity index (χ2v) is 5.90. The molecule has 2 heterocycles. The molecule has 24 heavy (non-hydrogen) atoms. The first-order valence-electron chi connectivity index (χ1n) is 7.61. The van der Waals surface area contributed by atoms with Crippen molar-refractivity contribution in [3.05, 3.63) is 46.1 Å². The molecule has 1 N–H and O–H groups in total. The Balaban J connectivity index is 1.89. The van der Waals surface area contributed by atoms with E-state index in [9.17, 15) is 9.59 Å². The van der Waals surface area contributed by atoms with Gasteiger partial charge in [0.05, 0.1) is 5.56 Å². The Morgan fingerprint density at radius 3 is 2.83 bits per heavy atom. The number of H-pyrrole nitrogens is 1. The van der Waals surface area contributed by atoms with Crippen LogP contribution < -0.4 is 5.56 Å². The molecule has 0 bridgehead atoms. The van der Waals surface area contributed by atoms with Gasteiger partial charge in [-0.3, -0.25) is 9.59 Å². The molecule has 7 heteroatoms. The number of pyridine rings is 1. The van der Waals surface area contributed by atoms with Crippen molar-refractivity contribution in [1.82, 2.24) is 20.0 Å². The molecule has 0 atom stereocenters. The van der Waals surface area contributed by atoms with E-state index in [0.717, 1.165) is 16.5 Å². The van der Waals surface area contributed by atoms with Gasteiger partial charge < -0.3 is 14.4 Å². The first-order valence-corrected chi connectivity index (χ1v) is 7.61. The van der Waals surface area contributed by atoms with Crippen molar-refractivity contribution in [2.45, 2.75) is 19.8 Å². The normalized spacial score (nSPS) is 11.0. The Bertz CT molecular complexity index is 956. The van der Waals surface area contributed by atoms with E-state index in [2.05, 4.69) is 15.1 Å². The summed E-state index contributed by atoms with van der Waals surface area (Å²) in [5.41, 5.74) is 1.93. The number of hydrogen-bond donors (Lipinski definition) is 1. The van der Waals surface area contributed by atoms with Crippen molar-refractivity contribution in [3.63, 3.8) is 0 Å². The van der Waals surface area contributed by atoms with Crippen molar-refractivity contribution in [2.24, 2.45) is 0 Å². The van der Waals surface area contributed by atoms with Crippen molar-refractivity contribution in [3.8, 4) is 11.4 Å². The van der Waals surface area contributed by atoms with Crippen molar-refractivity contribution in [2.75, 3.05) is 14.1 Å². The molecule has 0 aliphatic heterocycles. The molecule has 1 aromatic carbocycles. The lowest BCUT2D eigenvalue weighted by Gasteiger charge is -2.07. The molecular weight excluding hydrogens is 308 g/mol. The van der Waals surface area contributed by atoms with Gasteiger partial charge in [-0.15, -0.1) is 0 Å². The number of benzene rings is 1. The fourth-order valence-corrected chi connectivity index (χ4v) is 2.40. The Hall–Kier alpha value is -2.96. The molecule has 0 saturated carbocycles. The predicted octanol–water partition coefficient (Wildman–Crippen LogP) is 1.91. The second kappa shape index (κ2) is 6.27. The topological polar surface area (TPSA) is 92.1 Å². The molecule has 1 amide bonds. The Labute approximate surface area is 138 Å². The molecule has 7 nitrogen and oxygen atoms in total. The zero-order valence-electron chi connectivity index (χ0n) is 13.8. The first kappa shape index (κ1) is 15.9. The number of carbonyl (C=O) groups is 1. The monoisotopic (exact) mass is 326 g/mol. The van der Waals surface area contributed by atoms with Gasteiger partial charge >= 0.3 is 0 Å². The van der Waals surface area contributed by atoms with Gasteiger partial charge in [-0.25, -0.2) is 0 Å². The highest BCUT2D eigenvalue weighted by Crippen LogP contribution is 2.18. The number of rotatable bonds is 4. The summed E-state index contributed by atoms with van der Waals surface area (Å²) >= 11 is 0. The predicted molar refractivity (Wildman–Crippen MR) is 89.6 cm³/mol. The van der Waals surface area contributed by atoms with Crippen LogP contribution in [0.3, 0.4) is 0 Å². The second-order valence-electron chi connectivity index (χ2n) is 5.90. The summed E-state index contributed by atoms with van der Waals surface area (Å²) in [6.45, 7) is 1.98. The number of amides is 1. The number of hydrogen-bond acceptors (Lipinski definition) is 5. The summed E-state index contributed by atoms with van der Waals surface area (Å²) in [7, 11) is 3.39. The maximum absolute atomic E-state index is 12.2. The van der Waals surface area contributed by atoms with Gasteiger partial charge in [0.2, 0.25) is 17.6 Å². The summed E-state index contributed by atoms with van der Waals surface area (Å²) < 4.78 is 5.16. The zero-order valence-corrected chi connectivity index (χ0v) is 13.8. The molecule has 0 aliphatic rings. The van der Waals surface area contributed by atoms with Crippen LogP contribution in [0.4, 0.5) is 0 Å². The number of fused-ring (bicyclic) bond motifs is 1. The number of aromatic nitrogens is 3. The highest BCUT2D eigenvalue weighted by atomic mass is 16.5. The van der Waals surface area contributed by atoms with Crippen LogP contribution in [0.5, 0.6) is 0 Å². The maximum atomic E-state index is 12.2. The van der Waals surface area contributed by atoms with Gasteiger partial charge in [0, 0.05) is 32.5 Å². The summed E-state index contributed by atoms with van der Waals surface area (Å²) in [4.78, 5) is 32.4. The number of aromatic amines is 1. The third kappa shape index (κ3) is 3.19. The van der Waals surface area contributed by atoms with Gasteiger partial charge in [-0.05, 0) is 30.5 Å². The average molecular weight is 326 g/mol. The SMILES string of the molecule is Cc1ccc2[nH]c(=O)c(-c3noc(CCC(=O)N(C)C)n3)cc2c1. The molecule has 2 aromatic heterocycles. The molecule has 0 aliphatic carbocycles. The van der Waals surface area contributed by atoms with Crippen LogP contribution in [0, 0.1) is 6.92 Å². The highest BCUT2D eigenvalue weighted by molar-refractivity contribution is 5.82. The zero-order chi connectivity index (χ0) is 17.3. The van der Waals surface area contributed by atoms with Gasteiger partial charge in [0.25, 0.3) is 5.56 Å². The van der Waals surface area contributed by atoms with Crippen molar-refractivity contribution >= 4 is 16.8 Å². The first-order chi connectivity index (χ1) is 11.4. The number of carbonyl (C=O) groups excluding carboxylic acids is 1. The minimum absolute atomic E-state index is 0.0197. The quantitative estimate of drug-likeness (QED) is 0.790. The third-order valence-corrected chi connectivity index (χ3v) is 3.76. The molecule has 0 fully saturated rings. The third-order valence-electron chi connectivity index (χ3n) is 3.76. The van der Waals surface area contributed by atoms with Gasteiger partial charge in [0.15, 0.2) is 0 Å². The van der Waals surface area contributed by atoms with Crippen LogP contribution in [0.25, 0.3) is 22.3 Å². The molecule has 0 radical (unpaired) electrons. The van der Waals surface area contributed by atoms with Crippen molar-refractivity contribution < 1.29 is 9.32 Å². The lowest BCUT2D eigenvalue weighted by atomic mass is 10.1. The average Bonchev–Trinajstić information content (AvgIpc) is 3.01. The Morgan fingerprint density at radius 1 is 1.29 bits per heavy atom. The Morgan fingerprint density at radius 2 is 2.08 bits per heavy atom. The van der Waals surface area contributed by atoms with Crippen LogP contribution in [-0.4, -0.2) is 40.0 Å². The molecule has 3 aromatic rings. The summed E-state index contributed by atoms with van der Waals surface area (Å²) in [6.07, 6.45) is 0.622. The minimum Gasteiger partial charge on any atom is -0.349 e. The van der Waals surface area contributed by atoms with Gasteiger partial charge in [-0.1, -0.05) is 16.8 Å². The van der Waals surface area contributed by atoms with E-state index in [-0.39, 0.29) is 23.7 Å². The number of nitrogens with zero attached hydrogens (tertiary/aromatic N) is 3. The lowest BCUT2D eigenvalue weighted by Crippen LogP contribution is -2.21. The molecule has 0 spiro atoms. The molecule has 124 valence electrons. The number of nitrogens with one attached hydrogen (secondary N) is 1. The van der Waals surface area contributed by atoms with Gasteiger partial charge in [0.1, 0.15) is 0 Å². The molecular formula is C17H18N4O3. The summed E-state index contributed by atoms with van der Waals surface area (Å²) in [5, 5.41) is 4.77. The van der Waals surface area contributed by atoms with Crippen LogP contribution >= 0.6 is 0 Å². The fourth-order valence-electron chi connectivity index (χ4n) is 2.40. The van der Waals surface area contributed by atoms with E-state index >= 15 is 0 Å². The van der Waals surface area contributed by atoms with Crippen molar-refractivity contribution in [1.29, 1.82) is 0 Å². The molecule has 3 rings (SSSR count). The van der Waals surface area contributed by atoms with E-state index in [0.29, 0.717) is 17.9 Å². The van der Waals surface area contributed by atoms with E-state index in [1.54, 1.807) is 20.2 Å². The summed E-state index contributed by atoms with van der Waals surface area (Å²) in [6, 6.07) is 7.53. The smallest absolute Gasteiger partial charge is 0.259 e. The van der Waals surface area contributed by atoms with E-state index < -0.39 is 0 Å².